The molecule has 1 N–H and O–H groups in total. The molecule has 2 atom stereocenters. The van der Waals surface area contributed by atoms with E-state index in [1.165, 1.54) is 0 Å². The molecule has 0 unspecified atom stereocenters. The molecule has 0 saturated heterocycles. The highest BCUT2D eigenvalue weighted by Gasteiger charge is 2.06. The molecule has 0 spiro atoms. The van der Waals surface area contributed by atoms with Crippen LogP contribution in [0.5, 0.6) is 0 Å². The number of halogens is 1. The highest BCUT2D eigenvalue weighted by atomic mass is 35.5. The van der Waals surface area contributed by atoms with Crippen LogP contribution in [-0.4, -0.2) is 30.2 Å². The van der Waals surface area contributed by atoms with Crippen molar-refractivity contribution in [2.75, 3.05) is 25.3 Å². The van der Waals surface area contributed by atoms with Gasteiger partial charge in [0.25, 0.3) is 0 Å². The zero-order valence-corrected chi connectivity index (χ0v) is 11.9. The summed E-state index contributed by atoms with van der Waals surface area (Å²) in [6, 6.07) is 5.90. The number of hydrogen-bond donors (Lipinski definition) is 1. The van der Waals surface area contributed by atoms with Crippen molar-refractivity contribution in [3.05, 3.63) is 28.8 Å². The Labute approximate surface area is 110 Å². The average molecular weight is 276 g/mol. The highest BCUT2D eigenvalue weighted by molar-refractivity contribution is 7.83. The first kappa shape index (κ1) is 14.5. The van der Waals surface area contributed by atoms with E-state index in [0.29, 0.717) is 17.4 Å². The van der Waals surface area contributed by atoms with Crippen LogP contribution in [0.15, 0.2) is 18.2 Å². The second-order valence-electron chi connectivity index (χ2n) is 4.02. The lowest BCUT2D eigenvalue weighted by Crippen LogP contribution is -2.20. The van der Waals surface area contributed by atoms with Crippen LogP contribution in [0, 0.1) is 0 Å². The third-order valence-electron chi connectivity index (χ3n) is 2.23. The van der Waals surface area contributed by atoms with Crippen LogP contribution in [0.3, 0.4) is 0 Å². The predicted octanol–water partition coefficient (Wildman–Crippen LogP) is 2.67. The first-order valence-corrected chi connectivity index (χ1v) is 7.47. The van der Waals surface area contributed by atoms with E-state index < -0.39 is 10.8 Å². The van der Waals surface area contributed by atoms with Crippen LogP contribution < -0.4 is 5.32 Å². The fourth-order valence-corrected chi connectivity index (χ4v) is 2.51. The monoisotopic (exact) mass is 275 g/mol. The summed E-state index contributed by atoms with van der Waals surface area (Å²) in [5.41, 5.74) is 1.88. The SMILES string of the molecule is COC[C@H](C)Nc1ccc(Cl)c(C[S@@](C)=O)c1. The van der Waals surface area contributed by atoms with E-state index in [4.69, 9.17) is 16.3 Å². The summed E-state index contributed by atoms with van der Waals surface area (Å²) < 4.78 is 16.3. The Bertz CT molecular complexity index is 398. The van der Waals surface area contributed by atoms with Crippen molar-refractivity contribution in [2.24, 2.45) is 0 Å². The van der Waals surface area contributed by atoms with E-state index in [2.05, 4.69) is 5.32 Å². The Balaban J connectivity index is 2.77. The Morgan fingerprint density at radius 1 is 1.53 bits per heavy atom. The van der Waals surface area contributed by atoms with Gasteiger partial charge in [0.1, 0.15) is 0 Å². The number of anilines is 1. The molecule has 0 aliphatic heterocycles. The van der Waals surface area contributed by atoms with Gasteiger partial charge in [0, 0.05) is 46.7 Å². The third-order valence-corrected chi connectivity index (χ3v) is 3.32. The molecule has 0 bridgehead atoms. The van der Waals surface area contributed by atoms with Crippen molar-refractivity contribution in [1.29, 1.82) is 0 Å². The number of nitrogens with one attached hydrogen (secondary N) is 1. The molecule has 1 aromatic rings. The first-order chi connectivity index (χ1) is 8.02. The van der Waals surface area contributed by atoms with E-state index >= 15 is 0 Å². The zero-order valence-electron chi connectivity index (χ0n) is 10.3. The normalized spacial score (nSPS) is 14.4. The van der Waals surface area contributed by atoms with Gasteiger partial charge in [-0.05, 0) is 30.7 Å². The summed E-state index contributed by atoms with van der Waals surface area (Å²) >= 11 is 6.05. The number of ether oxygens (including phenoxy) is 1. The molecule has 0 aliphatic rings. The van der Waals surface area contributed by atoms with E-state index in [9.17, 15) is 4.21 Å². The number of benzene rings is 1. The fraction of sp³-hybridized carbons (Fsp3) is 0.500. The molecule has 0 aromatic heterocycles. The highest BCUT2D eigenvalue weighted by Crippen LogP contribution is 2.22. The van der Waals surface area contributed by atoms with Gasteiger partial charge in [-0.3, -0.25) is 4.21 Å². The van der Waals surface area contributed by atoms with Crippen LogP contribution in [0.25, 0.3) is 0 Å². The maximum Gasteiger partial charge on any atom is 0.0661 e. The van der Waals surface area contributed by atoms with Gasteiger partial charge in [-0.2, -0.15) is 0 Å². The number of hydrogen-bond acceptors (Lipinski definition) is 3. The van der Waals surface area contributed by atoms with Gasteiger partial charge < -0.3 is 10.1 Å². The molecule has 0 aliphatic carbocycles. The van der Waals surface area contributed by atoms with E-state index in [-0.39, 0.29) is 6.04 Å². The second kappa shape index (κ2) is 6.99. The van der Waals surface area contributed by atoms with Gasteiger partial charge in [0.2, 0.25) is 0 Å². The summed E-state index contributed by atoms with van der Waals surface area (Å²) in [4.78, 5) is 0. The second-order valence-corrected chi connectivity index (χ2v) is 5.87. The summed E-state index contributed by atoms with van der Waals surface area (Å²) in [6.45, 7) is 2.67. The molecule has 0 amide bonds. The Hall–Kier alpha value is -0.580. The maximum atomic E-state index is 11.2. The van der Waals surface area contributed by atoms with Crippen LogP contribution in [0.1, 0.15) is 12.5 Å². The standard InChI is InChI=1S/C12H18ClNO2S/c1-9(7-16-2)14-11-4-5-12(13)10(6-11)8-17(3)15/h4-6,9,14H,7-8H2,1-3H3/t9-,17+/m0/s1. The summed E-state index contributed by atoms with van der Waals surface area (Å²) in [7, 11) is 0.784. The van der Waals surface area contributed by atoms with Crippen molar-refractivity contribution < 1.29 is 8.95 Å². The molecular weight excluding hydrogens is 258 g/mol. The van der Waals surface area contributed by atoms with Crippen LogP contribution >= 0.6 is 11.6 Å². The summed E-state index contributed by atoms with van der Waals surface area (Å²) in [5.74, 6) is 0.479. The van der Waals surface area contributed by atoms with Crippen molar-refractivity contribution in [1.82, 2.24) is 0 Å². The van der Waals surface area contributed by atoms with Gasteiger partial charge in [-0.25, -0.2) is 0 Å². The summed E-state index contributed by atoms with van der Waals surface area (Å²) in [6.07, 6.45) is 1.67. The van der Waals surface area contributed by atoms with E-state index in [1.807, 2.05) is 25.1 Å². The average Bonchev–Trinajstić information content (AvgIpc) is 2.22. The first-order valence-electron chi connectivity index (χ1n) is 5.37. The molecule has 0 heterocycles. The quantitative estimate of drug-likeness (QED) is 0.867. The minimum atomic E-state index is -0.888. The van der Waals surface area contributed by atoms with Crippen LogP contribution in [0.2, 0.25) is 5.02 Å². The topological polar surface area (TPSA) is 38.3 Å². The molecule has 1 aromatic carbocycles. The minimum Gasteiger partial charge on any atom is -0.383 e. The molecule has 17 heavy (non-hydrogen) atoms. The van der Waals surface area contributed by atoms with E-state index in [1.54, 1.807) is 13.4 Å². The lowest BCUT2D eigenvalue weighted by Gasteiger charge is -2.15. The van der Waals surface area contributed by atoms with Gasteiger partial charge in [-0.15, -0.1) is 0 Å². The molecule has 96 valence electrons. The van der Waals surface area contributed by atoms with Gasteiger partial charge in [0.15, 0.2) is 0 Å². The zero-order chi connectivity index (χ0) is 12.8. The van der Waals surface area contributed by atoms with Crippen LogP contribution in [0.4, 0.5) is 5.69 Å². The minimum absolute atomic E-state index is 0.223. The van der Waals surface area contributed by atoms with Crippen LogP contribution in [-0.2, 0) is 21.3 Å². The smallest absolute Gasteiger partial charge is 0.0661 e. The largest absolute Gasteiger partial charge is 0.383 e. The number of rotatable bonds is 6. The van der Waals surface area contributed by atoms with Crippen molar-refractivity contribution in [3.8, 4) is 0 Å². The Morgan fingerprint density at radius 3 is 2.82 bits per heavy atom. The molecule has 0 radical (unpaired) electrons. The molecule has 0 saturated carbocycles. The molecule has 0 fully saturated rings. The molecular formula is C12H18ClNO2S. The van der Waals surface area contributed by atoms with Gasteiger partial charge >= 0.3 is 0 Å². The molecule has 3 nitrogen and oxygen atoms in total. The molecule has 1 rings (SSSR count). The molecule has 5 heteroatoms. The lowest BCUT2D eigenvalue weighted by atomic mass is 10.2. The predicted molar refractivity (Wildman–Crippen MR) is 74.2 cm³/mol. The Kier molecular flexibility index (Phi) is 5.95. The van der Waals surface area contributed by atoms with Gasteiger partial charge in [-0.1, -0.05) is 11.6 Å². The number of methoxy groups -OCH3 is 1. The fourth-order valence-electron chi connectivity index (χ4n) is 1.57. The van der Waals surface area contributed by atoms with Crippen molar-refractivity contribution >= 4 is 28.1 Å². The Morgan fingerprint density at radius 2 is 2.24 bits per heavy atom. The van der Waals surface area contributed by atoms with Crippen molar-refractivity contribution in [3.63, 3.8) is 0 Å². The summed E-state index contributed by atoms with van der Waals surface area (Å²) in [5, 5.41) is 3.96. The van der Waals surface area contributed by atoms with E-state index in [0.717, 1.165) is 11.3 Å². The maximum absolute atomic E-state index is 11.2. The van der Waals surface area contributed by atoms with Gasteiger partial charge in [0.05, 0.1) is 6.61 Å². The van der Waals surface area contributed by atoms with Crippen molar-refractivity contribution in [2.45, 2.75) is 18.7 Å². The third kappa shape index (κ3) is 5.06. The lowest BCUT2D eigenvalue weighted by molar-refractivity contribution is 0.190.